The topological polar surface area (TPSA) is 83.0 Å². The predicted molar refractivity (Wildman–Crippen MR) is 151 cm³/mol. The van der Waals surface area contributed by atoms with Gasteiger partial charge in [-0.05, 0) is 45.2 Å². The molecule has 8 rings (SSSR count). The lowest BCUT2D eigenvalue weighted by molar-refractivity contribution is 0.107. The van der Waals surface area contributed by atoms with Crippen LogP contribution in [0, 0.1) is 5.82 Å². The van der Waals surface area contributed by atoms with Crippen LogP contribution >= 0.6 is 11.6 Å². The number of benzene rings is 2. The smallest absolute Gasteiger partial charge is 0.319 e. The van der Waals surface area contributed by atoms with Gasteiger partial charge in [-0.15, -0.1) is 0 Å². The van der Waals surface area contributed by atoms with Crippen molar-refractivity contribution >= 4 is 28.3 Å². The number of phenolic OH excluding ortho intramolecular Hbond substituents is 1. The average molecular weight is 584 g/mol. The molecule has 0 radical (unpaired) electrons. The first-order valence-electron chi connectivity index (χ1n) is 14.6. The lowest BCUT2D eigenvalue weighted by atomic mass is 9.95. The highest BCUT2D eigenvalue weighted by Gasteiger charge is 2.50. The standard InChI is InChI=1S/C30H32ClF2N5O3/c1-15-26-19-8-7-17(34-19)13-38(26)28-22-25(24(33)21(23(31)27(22)41-15)18-5-2-3-6-20(18)39)35-29(36-28)40-14-30-9-4-10-37(30)12-16(32)11-30/h2-3,5-6,15-17,19,26,34,39H,4,7-14H2,1H3/t15-,16+,17+,19-,26+,30-/m0/s1. The highest BCUT2D eigenvalue weighted by Crippen LogP contribution is 2.51. The van der Waals surface area contributed by atoms with E-state index in [2.05, 4.69) is 20.1 Å². The molecule has 6 atom stereocenters. The van der Waals surface area contributed by atoms with E-state index in [1.807, 2.05) is 6.92 Å². The van der Waals surface area contributed by atoms with Crippen molar-refractivity contribution < 1.29 is 23.4 Å². The Bertz CT molecular complexity index is 1560. The summed E-state index contributed by atoms with van der Waals surface area (Å²) in [5.41, 5.74) is -0.108. The number of anilines is 1. The van der Waals surface area contributed by atoms with Crippen LogP contribution in [0.3, 0.4) is 0 Å². The summed E-state index contributed by atoms with van der Waals surface area (Å²) in [7, 11) is 0. The van der Waals surface area contributed by atoms with E-state index in [1.165, 1.54) is 6.07 Å². The molecule has 0 amide bonds. The molecule has 41 heavy (non-hydrogen) atoms. The first kappa shape index (κ1) is 25.7. The number of piperazine rings is 1. The fourth-order valence-electron chi connectivity index (χ4n) is 8.09. The van der Waals surface area contributed by atoms with Crippen LogP contribution < -0.4 is 19.7 Å². The van der Waals surface area contributed by atoms with Gasteiger partial charge in [-0.1, -0.05) is 29.8 Å². The number of hydrogen-bond donors (Lipinski definition) is 2. The number of ether oxygens (including phenoxy) is 2. The SMILES string of the molecule is C[C@@H]1Oc2c(Cl)c(-c3ccccc3O)c(F)c3nc(OC[C@@]45CCCN4C[C@H](F)C5)nc(c23)N2C[C@H]3CC[C@H](N3)[C@@H]12. The van der Waals surface area contributed by atoms with Crippen LogP contribution in [0.15, 0.2) is 24.3 Å². The van der Waals surface area contributed by atoms with Crippen LogP contribution in [0.25, 0.3) is 22.0 Å². The van der Waals surface area contributed by atoms with Crippen molar-refractivity contribution in [3.8, 4) is 28.6 Å². The van der Waals surface area contributed by atoms with Gasteiger partial charge in [0.25, 0.3) is 0 Å². The number of rotatable bonds is 4. The monoisotopic (exact) mass is 583 g/mol. The van der Waals surface area contributed by atoms with Gasteiger partial charge in [-0.25, -0.2) is 8.78 Å². The molecule has 2 aromatic carbocycles. The van der Waals surface area contributed by atoms with Gasteiger partial charge < -0.3 is 24.8 Å². The van der Waals surface area contributed by atoms with E-state index in [0.717, 1.165) is 32.2 Å². The fourth-order valence-corrected chi connectivity index (χ4v) is 8.41. The maximum absolute atomic E-state index is 16.6. The molecule has 6 heterocycles. The van der Waals surface area contributed by atoms with Crippen molar-refractivity contribution in [3.63, 3.8) is 0 Å². The summed E-state index contributed by atoms with van der Waals surface area (Å²) in [6.45, 7) is 4.17. The van der Waals surface area contributed by atoms with Gasteiger partial charge in [0, 0.05) is 42.7 Å². The first-order chi connectivity index (χ1) is 19.8. The normalized spacial score (nSPS) is 32.1. The van der Waals surface area contributed by atoms with Crippen LogP contribution in [-0.4, -0.2) is 82.2 Å². The van der Waals surface area contributed by atoms with Gasteiger partial charge in [-0.2, -0.15) is 9.97 Å². The van der Waals surface area contributed by atoms with Gasteiger partial charge >= 0.3 is 6.01 Å². The van der Waals surface area contributed by atoms with E-state index in [-0.39, 0.29) is 64.3 Å². The molecule has 3 aromatic rings. The molecule has 5 aliphatic heterocycles. The minimum atomic E-state index is -0.889. The van der Waals surface area contributed by atoms with Crippen molar-refractivity contribution in [3.05, 3.63) is 35.1 Å². The molecule has 0 aliphatic carbocycles. The van der Waals surface area contributed by atoms with Crippen LogP contribution in [0.5, 0.6) is 17.5 Å². The summed E-state index contributed by atoms with van der Waals surface area (Å²) in [4.78, 5) is 13.9. The predicted octanol–water partition coefficient (Wildman–Crippen LogP) is 4.84. The maximum Gasteiger partial charge on any atom is 0.319 e. The second-order valence-electron chi connectivity index (χ2n) is 12.3. The fraction of sp³-hybridized carbons (Fsp3) is 0.533. The zero-order chi connectivity index (χ0) is 28.0. The van der Waals surface area contributed by atoms with Crippen LogP contribution in [-0.2, 0) is 0 Å². The molecule has 2 bridgehead atoms. The number of aromatic hydroxyl groups is 1. The lowest BCUT2D eigenvalue weighted by Crippen LogP contribution is -2.62. The third-order valence-electron chi connectivity index (χ3n) is 9.87. The van der Waals surface area contributed by atoms with Gasteiger partial charge in [-0.3, -0.25) is 4.90 Å². The Morgan fingerprint density at radius 1 is 1.24 bits per heavy atom. The highest BCUT2D eigenvalue weighted by atomic mass is 35.5. The van der Waals surface area contributed by atoms with Gasteiger partial charge in [0.2, 0.25) is 0 Å². The summed E-state index contributed by atoms with van der Waals surface area (Å²) >= 11 is 6.94. The molecule has 0 spiro atoms. The third kappa shape index (κ3) is 3.83. The van der Waals surface area contributed by atoms with E-state index in [4.69, 9.17) is 26.1 Å². The summed E-state index contributed by atoms with van der Waals surface area (Å²) in [6, 6.07) is 6.94. The first-order valence-corrected chi connectivity index (χ1v) is 14.9. The number of nitrogens with zero attached hydrogens (tertiary/aromatic N) is 4. The van der Waals surface area contributed by atoms with Crippen molar-refractivity contribution in [2.75, 3.05) is 31.1 Å². The number of alkyl halides is 1. The molecule has 4 fully saturated rings. The van der Waals surface area contributed by atoms with E-state index in [1.54, 1.807) is 18.2 Å². The lowest BCUT2D eigenvalue weighted by Gasteiger charge is -2.43. The molecule has 8 nitrogen and oxygen atoms in total. The Kier molecular flexibility index (Phi) is 5.82. The molecule has 11 heteroatoms. The number of aromatic nitrogens is 2. The zero-order valence-electron chi connectivity index (χ0n) is 22.7. The zero-order valence-corrected chi connectivity index (χ0v) is 23.5. The van der Waals surface area contributed by atoms with E-state index in [0.29, 0.717) is 36.5 Å². The number of nitrogens with one attached hydrogen (secondary N) is 1. The number of hydrogen-bond acceptors (Lipinski definition) is 8. The van der Waals surface area contributed by atoms with E-state index >= 15 is 4.39 Å². The largest absolute Gasteiger partial charge is 0.507 e. The Balaban J connectivity index is 1.32. The van der Waals surface area contributed by atoms with E-state index in [9.17, 15) is 9.50 Å². The Labute approximate surface area is 241 Å². The summed E-state index contributed by atoms with van der Waals surface area (Å²) in [5, 5.41) is 14.8. The molecule has 5 aliphatic rings. The summed E-state index contributed by atoms with van der Waals surface area (Å²) in [6.07, 6.45) is 3.10. The quantitative estimate of drug-likeness (QED) is 0.452. The van der Waals surface area contributed by atoms with Crippen molar-refractivity contribution in [1.82, 2.24) is 20.2 Å². The van der Waals surface area contributed by atoms with Crippen molar-refractivity contribution in [2.24, 2.45) is 0 Å². The second kappa shape index (κ2) is 9.28. The molecule has 0 saturated carbocycles. The average Bonchev–Trinajstić information content (AvgIpc) is 3.59. The molecular weight excluding hydrogens is 552 g/mol. The third-order valence-corrected chi connectivity index (χ3v) is 10.2. The summed E-state index contributed by atoms with van der Waals surface area (Å²) < 4.78 is 43.9. The maximum atomic E-state index is 16.6. The van der Waals surface area contributed by atoms with Crippen LogP contribution in [0.1, 0.15) is 39.0 Å². The molecule has 4 saturated heterocycles. The van der Waals surface area contributed by atoms with Gasteiger partial charge in [0.15, 0.2) is 11.6 Å². The van der Waals surface area contributed by atoms with Crippen molar-refractivity contribution in [2.45, 2.75) is 75.0 Å². The molecular formula is C30H32ClF2N5O3. The Morgan fingerprint density at radius 2 is 2.10 bits per heavy atom. The number of halogens is 3. The highest BCUT2D eigenvalue weighted by molar-refractivity contribution is 6.36. The molecule has 216 valence electrons. The van der Waals surface area contributed by atoms with Crippen LogP contribution in [0.4, 0.5) is 14.6 Å². The Hall–Kier alpha value is -2.95. The van der Waals surface area contributed by atoms with Gasteiger partial charge in [0.1, 0.15) is 36.0 Å². The minimum absolute atomic E-state index is 0.0196. The summed E-state index contributed by atoms with van der Waals surface area (Å²) in [5.74, 6) is 0.0563. The Morgan fingerprint density at radius 3 is 2.95 bits per heavy atom. The molecule has 1 aromatic heterocycles. The van der Waals surface area contributed by atoms with E-state index < -0.39 is 17.5 Å². The number of fused-ring (bicyclic) bond motifs is 6. The number of para-hydroxylation sites is 1. The van der Waals surface area contributed by atoms with Crippen molar-refractivity contribution in [1.29, 1.82) is 0 Å². The number of phenols is 1. The molecule has 2 N–H and O–H groups in total. The van der Waals surface area contributed by atoms with Crippen LogP contribution in [0.2, 0.25) is 5.02 Å². The molecule has 0 unspecified atom stereocenters. The minimum Gasteiger partial charge on any atom is -0.507 e. The van der Waals surface area contributed by atoms with Gasteiger partial charge in [0.05, 0.1) is 22.0 Å². The second-order valence-corrected chi connectivity index (χ2v) is 12.7.